The van der Waals surface area contributed by atoms with Crippen LogP contribution in [0.1, 0.15) is 24.1 Å². The number of amides is 1. The van der Waals surface area contributed by atoms with Gasteiger partial charge in [0.2, 0.25) is 10.0 Å². The van der Waals surface area contributed by atoms with Crippen LogP contribution in [-0.2, 0) is 14.8 Å². The lowest BCUT2D eigenvalue weighted by Gasteiger charge is -2.16. The Labute approximate surface area is 154 Å². The monoisotopic (exact) mass is 376 g/mol. The molecule has 0 spiro atoms. The summed E-state index contributed by atoms with van der Waals surface area (Å²) in [6.07, 6.45) is 0. The molecule has 0 aromatic heterocycles. The Morgan fingerprint density at radius 3 is 2.19 bits per heavy atom. The minimum Gasteiger partial charge on any atom is -0.484 e. The number of carbonyl (C=O) groups is 1. The van der Waals surface area contributed by atoms with E-state index in [-0.39, 0.29) is 23.5 Å². The molecule has 0 aliphatic carbocycles. The van der Waals surface area contributed by atoms with Crippen LogP contribution >= 0.6 is 0 Å². The van der Waals surface area contributed by atoms with Gasteiger partial charge in [-0.05, 0) is 43.7 Å². The summed E-state index contributed by atoms with van der Waals surface area (Å²) in [6.45, 7) is 3.73. The summed E-state index contributed by atoms with van der Waals surface area (Å²) in [4.78, 5) is 12.3. The molecule has 0 aliphatic rings. The van der Waals surface area contributed by atoms with E-state index >= 15 is 0 Å². The van der Waals surface area contributed by atoms with Gasteiger partial charge in [0, 0.05) is 14.1 Å². The van der Waals surface area contributed by atoms with Gasteiger partial charge in [-0.1, -0.05) is 29.8 Å². The molecule has 0 heterocycles. The van der Waals surface area contributed by atoms with Crippen LogP contribution in [0, 0.1) is 6.92 Å². The summed E-state index contributed by atoms with van der Waals surface area (Å²) in [5, 5.41) is 2.83. The topological polar surface area (TPSA) is 75.7 Å². The van der Waals surface area contributed by atoms with Crippen molar-refractivity contribution in [2.24, 2.45) is 0 Å². The van der Waals surface area contributed by atoms with Gasteiger partial charge >= 0.3 is 0 Å². The zero-order valence-electron chi connectivity index (χ0n) is 15.4. The molecular formula is C19H24N2O4S. The molecule has 2 rings (SSSR count). The lowest BCUT2D eigenvalue weighted by atomic mass is 10.1. The van der Waals surface area contributed by atoms with Crippen molar-refractivity contribution in [2.75, 3.05) is 20.7 Å². The van der Waals surface area contributed by atoms with Crippen LogP contribution in [0.3, 0.4) is 0 Å². The highest BCUT2D eigenvalue weighted by Crippen LogP contribution is 2.18. The molecule has 1 unspecified atom stereocenters. The Kier molecular flexibility index (Phi) is 6.39. The maximum Gasteiger partial charge on any atom is 0.258 e. The molecule has 0 saturated heterocycles. The maximum atomic E-state index is 12.1. The quantitative estimate of drug-likeness (QED) is 0.806. The summed E-state index contributed by atoms with van der Waals surface area (Å²) < 4.78 is 30.8. The van der Waals surface area contributed by atoms with Crippen molar-refractivity contribution in [1.29, 1.82) is 0 Å². The van der Waals surface area contributed by atoms with E-state index in [1.165, 1.54) is 26.2 Å². The van der Waals surface area contributed by atoms with E-state index in [0.29, 0.717) is 5.75 Å². The first-order valence-electron chi connectivity index (χ1n) is 8.21. The molecule has 1 amide bonds. The van der Waals surface area contributed by atoms with Crippen molar-refractivity contribution in [3.8, 4) is 5.75 Å². The van der Waals surface area contributed by atoms with E-state index in [2.05, 4.69) is 5.32 Å². The molecular weight excluding hydrogens is 352 g/mol. The number of nitrogens with zero attached hydrogens (tertiary/aromatic N) is 1. The third-order valence-electron chi connectivity index (χ3n) is 3.93. The SMILES string of the molecule is Cc1ccc(OCC(=O)NC(C)c2ccc(S(=O)(=O)N(C)C)cc2)cc1. The fraction of sp³-hybridized carbons (Fsp3) is 0.316. The number of ether oxygens (including phenoxy) is 1. The summed E-state index contributed by atoms with van der Waals surface area (Å²) in [5.41, 5.74) is 1.93. The molecule has 7 heteroatoms. The zero-order chi connectivity index (χ0) is 19.3. The first kappa shape index (κ1) is 19.9. The van der Waals surface area contributed by atoms with E-state index in [1.807, 2.05) is 38.1 Å². The number of nitrogens with one attached hydrogen (secondary N) is 1. The normalized spacial score (nSPS) is 12.7. The number of carbonyl (C=O) groups excluding carboxylic acids is 1. The third kappa shape index (κ3) is 5.06. The standard InChI is InChI=1S/C19H24N2O4S/c1-14-5-9-17(10-6-14)25-13-19(22)20-15(2)16-7-11-18(12-8-16)26(23,24)21(3)4/h5-12,15H,13H2,1-4H3,(H,20,22). The number of aryl methyl sites for hydroxylation is 1. The summed E-state index contributed by atoms with van der Waals surface area (Å²) in [6, 6.07) is 13.7. The van der Waals surface area contributed by atoms with E-state index in [0.717, 1.165) is 15.4 Å². The van der Waals surface area contributed by atoms with Gasteiger partial charge in [-0.25, -0.2) is 12.7 Å². The minimum absolute atomic E-state index is 0.0828. The minimum atomic E-state index is -3.46. The van der Waals surface area contributed by atoms with E-state index in [9.17, 15) is 13.2 Å². The summed E-state index contributed by atoms with van der Waals surface area (Å²) in [5.74, 6) is 0.389. The number of hydrogen-bond acceptors (Lipinski definition) is 4. The fourth-order valence-corrected chi connectivity index (χ4v) is 3.19. The second-order valence-corrected chi connectivity index (χ2v) is 8.40. The second kappa shape index (κ2) is 8.33. The van der Waals surface area contributed by atoms with Gasteiger partial charge < -0.3 is 10.1 Å². The Hall–Kier alpha value is -2.38. The van der Waals surface area contributed by atoms with Crippen LogP contribution in [0.2, 0.25) is 0 Å². The first-order chi connectivity index (χ1) is 12.2. The highest BCUT2D eigenvalue weighted by atomic mass is 32.2. The smallest absolute Gasteiger partial charge is 0.258 e. The highest BCUT2D eigenvalue weighted by molar-refractivity contribution is 7.89. The van der Waals surface area contributed by atoms with Crippen molar-refractivity contribution in [3.63, 3.8) is 0 Å². The number of sulfonamides is 1. The highest BCUT2D eigenvalue weighted by Gasteiger charge is 2.17. The van der Waals surface area contributed by atoms with Crippen LogP contribution in [0.4, 0.5) is 0 Å². The van der Waals surface area contributed by atoms with Gasteiger partial charge in [-0.3, -0.25) is 4.79 Å². The van der Waals surface area contributed by atoms with Gasteiger partial charge in [0.05, 0.1) is 10.9 Å². The van der Waals surface area contributed by atoms with Gasteiger partial charge in [0.1, 0.15) is 5.75 Å². The van der Waals surface area contributed by atoms with Gasteiger partial charge in [-0.15, -0.1) is 0 Å². The maximum absolute atomic E-state index is 12.1. The van der Waals surface area contributed by atoms with Gasteiger partial charge in [0.25, 0.3) is 5.91 Å². The fourth-order valence-electron chi connectivity index (χ4n) is 2.29. The van der Waals surface area contributed by atoms with E-state index < -0.39 is 10.0 Å². The number of benzene rings is 2. The number of rotatable bonds is 7. The van der Waals surface area contributed by atoms with Crippen LogP contribution in [0.15, 0.2) is 53.4 Å². The molecule has 26 heavy (non-hydrogen) atoms. The van der Waals surface area contributed by atoms with Crippen molar-refractivity contribution < 1.29 is 17.9 Å². The average Bonchev–Trinajstić information content (AvgIpc) is 2.61. The molecule has 2 aromatic rings. The lowest BCUT2D eigenvalue weighted by molar-refractivity contribution is -0.123. The van der Waals surface area contributed by atoms with Crippen molar-refractivity contribution in [2.45, 2.75) is 24.8 Å². The van der Waals surface area contributed by atoms with Crippen LogP contribution in [0.25, 0.3) is 0 Å². The van der Waals surface area contributed by atoms with E-state index in [4.69, 9.17) is 4.74 Å². The van der Waals surface area contributed by atoms with Crippen LogP contribution < -0.4 is 10.1 Å². The molecule has 140 valence electrons. The molecule has 6 nitrogen and oxygen atoms in total. The van der Waals surface area contributed by atoms with Crippen LogP contribution in [0.5, 0.6) is 5.75 Å². The van der Waals surface area contributed by atoms with Gasteiger partial charge in [0.15, 0.2) is 6.61 Å². The third-order valence-corrected chi connectivity index (χ3v) is 5.76. The lowest BCUT2D eigenvalue weighted by Crippen LogP contribution is -2.31. The Balaban J connectivity index is 1.93. The molecule has 0 aliphatic heterocycles. The Morgan fingerprint density at radius 2 is 1.65 bits per heavy atom. The molecule has 1 N–H and O–H groups in total. The molecule has 0 fully saturated rings. The predicted octanol–water partition coefficient (Wildman–Crippen LogP) is 2.50. The van der Waals surface area contributed by atoms with Crippen molar-refractivity contribution >= 4 is 15.9 Å². The Morgan fingerprint density at radius 1 is 1.08 bits per heavy atom. The van der Waals surface area contributed by atoms with Crippen molar-refractivity contribution in [1.82, 2.24) is 9.62 Å². The molecule has 0 bridgehead atoms. The molecule has 0 radical (unpaired) electrons. The first-order valence-corrected chi connectivity index (χ1v) is 9.65. The molecule has 0 saturated carbocycles. The van der Waals surface area contributed by atoms with Crippen molar-refractivity contribution in [3.05, 3.63) is 59.7 Å². The van der Waals surface area contributed by atoms with Crippen LogP contribution in [-0.4, -0.2) is 39.3 Å². The average molecular weight is 376 g/mol. The summed E-state index contributed by atoms with van der Waals surface area (Å²) in [7, 11) is -0.486. The van der Waals surface area contributed by atoms with Gasteiger partial charge in [-0.2, -0.15) is 0 Å². The number of hydrogen-bond donors (Lipinski definition) is 1. The zero-order valence-corrected chi connectivity index (χ0v) is 16.2. The molecule has 1 atom stereocenters. The van der Waals surface area contributed by atoms with E-state index in [1.54, 1.807) is 12.1 Å². The summed E-state index contributed by atoms with van der Waals surface area (Å²) >= 11 is 0. The largest absolute Gasteiger partial charge is 0.484 e. The predicted molar refractivity (Wildman–Crippen MR) is 101 cm³/mol. The second-order valence-electron chi connectivity index (χ2n) is 6.25. The Bertz CT molecular complexity index is 844. The molecule has 2 aromatic carbocycles.